The maximum absolute atomic E-state index is 12.9. The number of hydrogen-bond donors (Lipinski definition) is 2. The van der Waals surface area contributed by atoms with Crippen molar-refractivity contribution in [1.82, 2.24) is 18.6 Å². The minimum Gasteiger partial charge on any atom is -0.475 e. The maximum atomic E-state index is 12.9. The molecule has 0 radical (unpaired) electrons. The highest BCUT2D eigenvalue weighted by atomic mass is 32.2. The van der Waals surface area contributed by atoms with E-state index in [1.807, 2.05) is 36.4 Å². The van der Waals surface area contributed by atoms with Crippen LogP contribution in [0.2, 0.25) is 0 Å². The molecule has 2 N–H and O–H groups in total. The van der Waals surface area contributed by atoms with Crippen molar-refractivity contribution >= 4 is 37.0 Å². The van der Waals surface area contributed by atoms with E-state index in [0.29, 0.717) is 35.1 Å². The zero-order chi connectivity index (χ0) is 30.3. The zero-order valence-corrected chi connectivity index (χ0v) is 23.5. The number of nitrogens with zero attached hydrogens (tertiary/aromatic N) is 3. The van der Waals surface area contributed by atoms with Gasteiger partial charge in [0.15, 0.2) is 0 Å². The van der Waals surface area contributed by atoms with Gasteiger partial charge in [0.2, 0.25) is 20.0 Å². The second kappa shape index (κ2) is 11.1. The number of benzene rings is 2. The van der Waals surface area contributed by atoms with Crippen LogP contribution in [0.25, 0.3) is 22.2 Å². The molecule has 0 aliphatic carbocycles. The quantitative estimate of drug-likeness (QED) is 0.337. The van der Waals surface area contributed by atoms with E-state index in [9.17, 15) is 30.0 Å². The lowest BCUT2D eigenvalue weighted by Crippen LogP contribution is -2.27. The van der Waals surface area contributed by atoms with Crippen molar-refractivity contribution in [3.05, 3.63) is 78.1 Å². The van der Waals surface area contributed by atoms with E-state index in [-0.39, 0.29) is 6.54 Å². The number of alkyl halides is 3. The molecule has 0 spiro atoms. The molecular formula is C27H25F3N4O6S2. The summed E-state index contributed by atoms with van der Waals surface area (Å²) in [4.78, 5) is 17.2. The molecule has 6 rings (SSSR count). The van der Waals surface area contributed by atoms with Crippen LogP contribution in [0.15, 0.2) is 76.7 Å². The first kappa shape index (κ1) is 29.7. The van der Waals surface area contributed by atoms with E-state index in [1.165, 1.54) is 8.61 Å². The molecule has 1 saturated heterocycles. The lowest BCUT2D eigenvalue weighted by atomic mass is 10.0. The number of carbonyl (C=O) groups is 1. The molecule has 0 atom stereocenters. The molecule has 0 unspecified atom stereocenters. The average Bonchev–Trinajstić information content (AvgIpc) is 3.68. The first-order valence-corrected chi connectivity index (χ1v) is 15.6. The third-order valence-electron chi connectivity index (χ3n) is 6.98. The van der Waals surface area contributed by atoms with Crippen molar-refractivity contribution in [3.63, 3.8) is 0 Å². The standard InChI is InChI=1S/C25H24N4O4S2.C2HF3O2/c30-34(31,28-13-3-4-14-28)21-9-7-18(8-10-21)22-11-12-26-25-23(22)15-20(27-25)17-29-16-19-5-1-2-6-24(19)35(29,32)33;3-2(4,5)1(6)7/h1-2,5-12,15H,3-4,13-14,16-17H2,(H,26,27);(H,6,7). The number of aromatic nitrogens is 2. The Bertz CT molecular complexity index is 1850. The molecule has 2 aliphatic heterocycles. The Morgan fingerprint density at radius 2 is 1.67 bits per heavy atom. The second-order valence-corrected chi connectivity index (χ2v) is 13.6. The van der Waals surface area contributed by atoms with Crippen LogP contribution in [0.3, 0.4) is 0 Å². The number of halogens is 3. The number of hydrogen-bond acceptors (Lipinski definition) is 6. The Hall–Kier alpha value is -3.79. The molecule has 4 heterocycles. The Kier molecular flexibility index (Phi) is 7.87. The van der Waals surface area contributed by atoms with Crippen LogP contribution in [0.4, 0.5) is 13.2 Å². The summed E-state index contributed by atoms with van der Waals surface area (Å²) in [5.74, 6) is -2.76. The van der Waals surface area contributed by atoms with Gasteiger partial charge in [0.25, 0.3) is 0 Å². The lowest BCUT2D eigenvalue weighted by Gasteiger charge is -2.15. The van der Waals surface area contributed by atoms with E-state index in [1.54, 1.807) is 30.5 Å². The fraction of sp³-hybridized carbons (Fsp3) is 0.259. The highest BCUT2D eigenvalue weighted by molar-refractivity contribution is 7.89. The van der Waals surface area contributed by atoms with Crippen molar-refractivity contribution < 1.29 is 39.9 Å². The van der Waals surface area contributed by atoms with Gasteiger partial charge >= 0.3 is 12.1 Å². The third kappa shape index (κ3) is 5.77. The zero-order valence-electron chi connectivity index (χ0n) is 21.9. The normalized spacial score (nSPS) is 17.1. The molecule has 42 heavy (non-hydrogen) atoms. The Balaban J connectivity index is 0.000000451. The van der Waals surface area contributed by atoms with Crippen molar-refractivity contribution in [2.75, 3.05) is 13.1 Å². The van der Waals surface area contributed by atoms with Gasteiger partial charge in [0.1, 0.15) is 5.65 Å². The van der Waals surface area contributed by atoms with Gasteiger partial charge in [-0.15, -0.1) is 0 Å². The number of aliphatic carboxylic acids is 1. The average molecular weight is 623 g/mol. The van der Waals surface area contributed by atoms with Gasteiger partial charge in [-0.1, -0.05) is 30.3 Å². The van der Waals surface area contributed by atoms with Gasteiger partial charge in [-0.3, -0.25) is 0 Å². The number of fused-ring (bicyclic) bond motifs is 2. The molecule has 0 saturated carbocycles. The predicted octanol–water partition coefficient (Wildman–Crippen LogP) is 4.35. The summed E-state index contributed by atoms with van der Waals surface area (Å²) >= 11 is 0. The van der Waals surface area contributed by atoms with Crippen LogP contribution in [-0.4, -0.2) is 65.8 Å². The number of rotatable bonds is 5. The van der Waals surface area contributed by atoms with Gasteiger partial charge in [0.05, 0.1) is 16.3 Å². The van der Waals surface area contributed by atoms with Crippen molar-refractivity contribution in [2.45, 2.75) is 41.9 Å². The Labute approximate surface area is 239 Å². The molecule has 2 aromatic heterocycles. The summed E-state index contributed by atoms with van der Waals surface area (Å²) in [7, 11) is -7.01. The highest BCUT2D eigenvalue weighted by Crippen LogP contribution is 2.33. The van der Waals surface area contributed by atoms with Crippen molar-refractivity contribution in [3.8, 4) is 11.1 Å². The molecule has 15 heteroatoms. The summed E-state index contributed by atoms with van der Waals surface area (Å²) in [6.07, 6.45) is -1.60. The predicted molar refractivity (Wildman–Crippen MR) is 146 cm³/mol. The summed E-state index contributed by atoms with van der Waals surface area (Å²) in [6.45, 7) is 1.68. The fourth-order valence-electron chi connectivity index (χ4n) is 4.93. The Morgan fingerprint density at radius 3 is 2.29 bits per heavy atom. The summed E-state index contributed by atoms with van der Waals surface area (Å²) < 4.78 is 86.3. The number of sulfonamides is 2. The molecular weight excluding hydrogens is 597 g/mol. The van der Waals surface area contributed by atoms with Gasteiger partial charge in [-0.2, -0.15) is 21.8 Å². The monoisotopic (exact) mass is 622 g/mol. The van der Waals surface area contributed by atoms with Crippen LogP contribution in [-0.2, 0) is 37.9 Å². The Morgan fingerprint density at radius 1 is 1.02 bits per heavy atom. The summed E-state index contributed by atoms with van der Waals surface area (Å²) in [6, 6.07) is 17.8. The SMILES string of the molecule is O=C(O)C(F)(F)F.O=S(=O)(c1ccc(-c2ccnc3[nH]c(CN4Cc5ccccc5S4(=O)=O)cc23)cc1)N1CCCC1. The van der Waals surface area contributed by atoms with E-state index in [4.69, 9.17) is 9.90 Å². The molecule has 10 nitrogen and oxygen atoms in total. The molecule has 0 amide bonds. The van der Waals surface area contributed by atoms with Crippen LogP contribution < -0.4 is 0 Å². The van der Waals surface area contributed by atoms with Gasteiger partial charge in [-0.05, 0) is 59.9 Å². The topological polar surface area (TPSA) is 141 Å². The van der Waals surface area contributed by atoms with Gasteiger partial charge < -0.3 is 10.1 Å². The summed E-state index contributed by atoms with van der Waals surface area (Å²) in [5.41, 5.74) is 3.95. The van der Waals surface area contributed by atoms with E-state index in [0.717, 1.165) is 40.6 Å². The number of carboxylic acids is 1. The largest absolute Gasteiger partial charge is 0.490 e. The van der Waals surface area contributed by atoms with Crippen LogP contribution in [0.1, 0.15) is 24.1 Å². The first-order chi connectivity index (χ1) is 19.8. The number of H-pyrrole nitrogens is 1. The van der Waals surface area contributed by atoms with E-state index in [2.05, 4.69) is 9.97 Å². The number of nitrogens with one attached hydrogen (secondary N) is 1. The van der Waals surface area contributed by atoms with E-state index < -0.39 is 32.2 Å². The number of aromatic amines is 1. The minimum atomic E-state index is -5.08. The van der Waals surface area contributed by atoms with Crippen LogP contribution >= 0.6 is 0 Å². The minimum absolute atomic E-state index is 0.208. The van der Waals surface area contributed by atoms with E-state index >= 15 is 0 Å². The molecule has 222 valence electrons. The fourth-order valence-corrected chi connectivity index (χ4v) is 8.06. The van der Waals surface area contributed by atoms with Crippen LogP contribution in [0.5, 0.6) is 0 Å². The number of carboxylic acid groups (broad SMARTS) is 1. The van der Waals surface area contributed by atoms with Crippen molar-refractivity contribution in [1.29, 1.82) is 0 Å². The second-order valence-electron chi connectivity index (χ2n) is 9.73. The number of pyridine rings is 1. The smallest absolute Gasteiger partial charge is 0.475 e. The van der Waals surface area contributed by atoms with Gasteiger partial charge in [0, 0.05) is 36.9 Å². The molecule has 2 aromatic carbocycles. The van der Waals surface area contributed by atoms with Crippen LogP contribution in [0, 0.1) is 0 Å². The molecule has 0 bridgehead atoms. The maximum Gasteiger partial charge on any atom is 0.490 e. The van der Waals surface area contributed by atoms with Gasteiger partial charge in [-0.25, -0.2) is 26.6 Å². The molecule has 2 aliphatic rings. The van der Waals surface area contributed by atoms with Crippen molar-refractivity contribution in [2.24, 2.45) is 0 Å². The third-order valence-corrected chi connectivity index (χ3v) is 10.8. The summed E-state index contributed by atoms with van der Waals surface area (Å²) in [5, 5.41) is 7.98. The molecule has 4 aromatic rings. The highest BCUT2D eigenvalue weighted by Gasteiger charge is 2.38. The first-order valence-electron chi connectivity index (χ1n) is 12.7. The lowest BCUT2D eigenvalue weighted by molar-refractivity contribution is -0.192. The molecule has 1 fully saturated rings.